The van der Waals surface area contributed by atoms with Crippen LogP contribution < -0.4 is 0 Å². The van der Waals surface area contributed by atoms with E-state index in [2.05, 4.69) is 26.0 Å². The van der Waals surface area contributed by atoms with Gasteiger partial charge >= 0.3 is 5.97 Å². The number of carboxylic acid groups (broad SMARTS) is 1. The molecule has 148 valence electrons. The topological polar surface area (TPSA) is 80.7 Å². The highest BCUT2D eigenvalue weighted by Crippen LogP contribution is 2.34. The summed E-state index contributed by atoms with van der Waals surface area (Å²) >= 11 is 0. The van der Waals surface area contributed by atoms with Crippen LogP contribution in [0.25, 0.3) is 0 Å². The van der Waals surface area contributed by atoms with E-state index in [1.54, 1.807) is 0 Å². The lowest BCUT2D eigenvalue weighted by molar-refractivity contribution is -0.140. The quantitative estimate of drug-likeness (QED) is 0.300. The smallest absolute Gasteiger partial charge is 0.310 e. The lowest BCUT2D eigenvalue weighted by atomic mass is 9.86. The number of carboxylic acids is 1. The number of ether oxygens (including phenoxy) is 1. The van der Waals surface area contributed by atoms with Crippen molar-refractivity contribution >= 4 is 17.5 Å². The molecule has 1 rings (SSSR count). The minimum atomic E-state index is -1.07. The lowest BCUT2D eigenvalue weighted by Gasteiger charge is -2.22. The molecule has 0 bridgehead atoms. The number of hydrogen-bond acceptors (Lipinski definition) is 4. The number of carbonyl (C=O) groups excluding carboxylic acids is 2. The van der Waals surface area contributed by atoms with Gasteiger partial charge in [0.1, 0.15) is 18.0 Å². The molecule has 5 nitrogen and oxygen atoms in total. The average Bonchev–Trinajstić information content (AvgIpc) is 2.89. The van der Waals surface area contributed by atoms with E-state index in [-0.39, 0.29) is 17.1 Å². The first-order valence-corrected chi connectivity index (χ1v) is 9.76. The van der Waals surface area contributed by atoms with Crippen molar-refractivity contribution in [2.24, 2.45) is 17.3 Å². The molecule has 0 aliphatic heterocycles. The van der Waals surface area contributed by atoms with E-state index in [1.807, 2.05) is 6.92 Å². The molecule has 0 unspecified atom stereocenters. The van der Waals surface area contributed by atoms with Crippen molar-refractivity contribution in [1.82, 2.24) is 0 Å². The van der Waals surface area contributed by atoms with E-state index in [4.69, 9.17) is 9.84 Å². The van der Waals surface area contributed by atoms with Crippen molar-refractivity contribution in [3.05, 3.63) is 12.2 Å². The summed E-state index contributed by atoms with van der Waals surface area (Å²) in [6, 6.07) is 0. The number of aliphatic carboxylic acids is 1. The Hall–Kier alpha value is -1.49. The van der Waals surface area contributed by atoms with Crippen LogP contribution in [0.1, 0.15) is 72.1 Å². The second-order valence-electron chi connectivity index (χ2n) is 8.06. The van der Waals surface area contributed by atoms with Gasteiger partial charge in [-0.05, 0) is 43.9 Å². The number of carbonyl (C=O) groups is 3. The van der Waals surface area contributed by atoms with Crippen LogP contribution in [0.15, 0.2) is 12.2 Å². The molecule has 1 saturated carbocycles. The molecule has 0 aromatic heterocycles. The van der Waals surface area contributed by atoms with Crippen LogP contribution in [0.2, 0.25) is 0 Å². The third kappa shape index (κ3) is 8.75. The predicted octanol–water partition coefficient (Wildman–Crippen LogP) is 4.19. The van der Waals surface area contributed by atoms with E-state index in [9.17, 15) is 14.4 Å². The van der Waals surface area contributed by atoms with Gasteiger partial charge in [0.15, 0.2) is 0 Å². The largest absolute Gasteiger partial charge is 0.481 e. The summed E-state index contributed by atoms with van der Waals surface area (Å²) in [6.07, 6.45) is 8.99. The Bertz CT molecular complexity index is 507. The molecule has 0 aromatic carbocycles. The van der Waals surface area contributed by atoms with Crippen molar-refractivity contribution in [2.75, 3.05) is 13.2 Å². The lowest BCUT2D eigenvalue weighted by Crippen LogP contribution is -2.18. The van der Waals surface area contributed by atoms with Gasteiger partial charge in [-0.3, -0.25) is 14.4 Å². The summed E-state index contributed by atoms with van der Waals surface area (Å²) in [5.74, 6) is -0.636. The Kier molecular flexibility index (Phi) is 9.78. The molecule has 2 atom stereocenters. The fourth-order valence-electron chi connectivity index (χ4n) is 3.48. The highest BCUT2D eigenvalue weighted by molar-refractivity contribution is 5.94. The number of rotatable bonds is 13. The molecule has 5 heteroatoms. The summed E-state index contributed by atoms with van der Waals surface area (Å²) in [7, 11) is 0. The second-order valence-corrected chi connectivity index (χ2v) is 8.06. The van der Waals surface area contributed by atoms with Crippen molar-refractivity contribution in [3.8, 4) is 0 Å². The predicted molar refractivity (Wildman–Crippen MR) is 101 cm³/mol. The molecule has 1 N–H and O–H groups in total. The molecular weight excluding hydrogens is 332 g/mol. The van der Waals surface area contributed by atoms with E-state index >= 15 is 0 Å². The van der Waals surface area contributed by atoms with Gasteiger partial charge in [-0.15, -0.1) is 0 Å². The van der Waals surface area contributed by atoms with Crippen LogP contribution in [0.3, 0.4) is 0 Å². The maximum absolute atomic E-state index is 12.2. The number of hydrogen-bond donors (Lipinski definition) is 1. The maximum atomic E-state index is 12.2. The van der Waals surface area contributed by atoms with Crippen LogP contribution >= 0.6 is 0 Å². The highest BCUT2D eigenvalue weighted by atomic mass is 16.5. The van der Waals surface area contributed by atoms with Crippen LogP contribution in [0, 0.1) is 17.3 Å². The van der Waals surface area contributed by atoms with Crippen LogP contribution in [-0.2, 0) is 19.1 Å². The molecule has 0 heterocycles. The van der Waals surface area contributed by atoms with Crippen LogP contribution in [0.5, 0.6) is 0 Å². The maximum Gasteiger partial charge on any atom is 0.310 e. The minimum absolute atomic E-state index is 0.0517. The molecule has 1 aliphatic rings. The van der Waals surface area contributed by atoms with Crippen molar-refractivity contribution in [1.29, 1.82) is 0 Å². The average molecular weight is 366 g/mol. The summed E-state index contributed by atoms with van der Waals surface area (Å²) in [6.45, 7) is 7.80. The Morgan fingerprint density at radius 3 is 2.69 bits per heavy atom. The Labute approximate surface area is 157 Å². The number of allylic oxidation sites excluding steroid dienone is 2. The van der Waals surface area contributed by atoms with Gasteiger partial charge in [0.05, 0.1) is 6.61 Å². The molecule has 0 spiro atoms. The molecule has 0 amide bonds. The summed E-state index contributed by atoms with van der Waals surface area (Å²) in [5, 5.41) is 8.59. The van der Waals surface area contributed by atoms with Crippen LogP contribution in [-0.4, -0.2) is 35.9 Å². The third-order valence-corrected chi connectivity index (χ3v) is 4.97. The molecule has 0 aromatic rings. The molecule has 26 heavy (non-hydrogen) atoms. The number of ketones is 2. The van der Waals surface area contributed by atoms with E-state index in [0.717, 1.165) is 38.9 Å². The zero-order chi connectivity index (χ0) is 19.6. The molecule has 0 radical (unpaired) electrons. The van der Waals surface area contributed by atoms with Gasteiger partial charge < -0.3 is 9.84 Å². The number of Topliss-reactive ketones (excluding diaryl/α,β-unsaturated/α-hetero) is 2. The van der Waals surface area contributed by atoms with Gasteiger partial charge in [-0.1, -0.05) is 32.4 Å². The first-order valence-electron chi connectivity index (χ1n) is 9.76. The minimum Gasteiger partial charge on any atom is -0.481 e. The fraction of sp³-hybridized carbons (Fsp3) is 0.762. The first-order chi connectivity index (χ1) is 12.2. The molecule has 1 aliphatic carbocycles. The van der Waals surface area contributed by atoms with Gasteiger partial charge in [0.25, 0.3) is 0 Å². The normalized spacial score (nSPS) is 20.8. The molecular formula is C21H34O5. The monoisotopic (exact) mass is 366 g/mol. The van der Waals surface area contributed by atoms with E-state index in [0.29, 0.717) is 31.0 Å². The van der Waals surface area contributed by atoms with Gasteiger partial charge in [0, 0.05) is 25.4 Å². The van der Waals surface area contributed by atoms with Gasteiger partial charge in [0.2, 0.25) is 0 Å². The Morgan fingerprint density at radius 1 is 1.31 bits per heavy atom. The summed E-state index contributed by atoms with van der Waals surface area (Å²) in [4.78, 5) is 34.1. The van der Waals surface area contributed by atoms with Crippen molar-refractivity contribution < 1.29 is 24.2 Å². The SMILES string of the molecule is CCOCC(C)(C)CC=C[C@H]1CCC(=O)[C@@H]1CCCCC(=O)CC(=O)O. The van der Waals surface area contributed by atoms with Crippen LogP contribution in [0.4, 0.5) is 0 Å². The van der Waals surface area contributed by atoms with Gasteiger partial charge in [-0.25, -0.2) is 0 Å². The first kappa shape index (κ1) is 22.6. The summed E-state index contributed by atoms with van der Waals surface area (Å²) < 4.78 is 5.52. The molecule has 1 fully saturated rings. The molecule has 0 saturated heterocycles. The zero-order valence-corrected chi connectivity index (χ0v) is 16.5. The summed E-state index contributed by atoms with van der Waals surface area (Å²) in [5.41, 5.74) is 0.0924. The zero-order valence-electron chi connectivity index (χ0n) is 16.5. The van der Waals surface area contributed by atoms with Crippen molar-refractivity contribution in [3.63, 3.8) is 0 Å². The van der Waals surface area contributed by atoms with E-state index in [1.165, 1.54) is 0 Å². The third-order valence-electron chi connectivity index (χ3n) is 4.97. The Balaban J connectivity index is 2.39. The second kappa shape index (κ2) is 11.3. The Morgan fingerprint density at radius 2 is 2.04 bits per heavy atom. The fourth-order valence-corrected chi connectivity index (χ4v) is 3.48. The van der Waals surface area contributed by atoms with Gasteiger partial charge in [-0.2, -0.15) is 0 Å². The van der Waals surface area contributed by atoms with Crippen molar-refractivity contribution in [2.45, 2.75) is 72.1 Å². The van der Waals surface area contributed by atoms with E-state index < -0.39 is 12.4 Å². The number of unbranched alkanes of at least 4 members (excludes halogenated alkanes) is 1. The standard InChI is InChI=1S/C21H34O5/c1-4-26-15-21(2,3)13-7-8-16-11-12-19(23)18(16)10-6-5-9-17(22)14-20(24)25/h7-8,16,18H,4-6,9-15H2,1-3H3,(H,24,25)/t16-,18+/m0/s1. The highest BCUT2D eigenvalue weighted by Gasteiger charge is 2.32.